The number of aromatic nitrogens is 2. The third-order valence-corrected chi connectivity index (χ3v) is 3.73. The molecular weight excluding hydrogens is 186 g/mol. The molecule has 1 aliphatic carbocycles. The minimum Gasteiger partial charge on any atom is -0.352 e. The molecule has 3 rings (SSSR count). The summed E-state index contributed by atoms with van der Waals surface area (Å²) in [5, 5.41) is 0. The smallest absolute Gasteiger partial charge is 0.150 e. The summed E-state index contributed by atoms with van der Waals surface area (Å²) in [5.41, 5.74) is 2.10. The fourth-order valence-electron chi connectivity index (χ4n) is 2.98. The van der Waals surface area contributed by atoms with Crippen molar-refractivity contribution >= 4 is 5.82 Å². The van der Waals surface area contributed by atoms with Crippen LogP contribution in [-0.2, 0) is 0 Å². The Labute approximate surface area is 90.5 Å². The van der Waals surface area contributed by atoms with Gasteiger partial charge in [0.15, 0.2) is 5.82 Å². The summed E-state index contributed by atoms with van der Waals surface area (Å²) in [6.45, 7) is 5.28. The number of rotatable bonds is 1. The van der Waals surface area contributed by atoms with Crippen LogP contribution in [0.1, 0.15) is 30.7 Å². The molecule has 80 valence electrons. The van der Waals surface area contributed by atoms with Gasteiger partial charge in [-0.3, -0.25) is 4.98 Å². The van der Waals surface area contributed by atoms with Crippen molar-refractivity contribution in [3.8, 4) is 0 Å². The van der Waals surface area contributed by atoms with Gasteiger partial charge in [0.25, 0.3) is 0 Å². The maximum absolute atomic E-state index is 4.64. The molecule has 0 N–H and O–H groups in total. The van der Waals surface area contributed by atoms with Crippen LogP contribution in [0, 0.1) is 19.8 Å². The van der Waals surface area contributed by atoms with E-state index in [-0.39, 0.29) is 0 Å². The first-order valence-electron chi connectivity index (χ1n) is 5.81. The molecule has 2 unspecified atom stereocenters. The lowest BCUT2D eigenvalue weighted by Crippen LogP contribution is -2.33. The van der Waals surface area contributed by atoms with Crippen LogP contribution in [0.3, 0.4) is 0 Å². The van der Waals surface area contributed by atoms with Crippen molar-refractivity contribution < 1.29 is 0 Å². The third-order valence-electron chi connectivity index (χ3n) is 3.73. The van der Waals surface area contributed by atoms with Crippen LogP contribution in [-0.4, -0.2) is 22.6 Å². The molecule has 2 heterocycles. The van der Waals surface area contributed by atoms with Gasteiger partial charge in [0.1, 0.15) is 0 Å². The normalized spacial score (nSPS) is 28.8. The summed E-state index contributed by atoms with van der Waals surface area (Å²) in [5.74, 6) is 2.04. The molecule has 0 aromatic carbocycles. The average molecular weight is 203 g/mol. The van der Waals surface area contributed by atoms with Crippen LogP contribution in [0.5, 0.6) is 0 Å². The Hall–Kier alpha value is -1.12. The summed E-state index contributed by atoms with van der Waals surface area (Å²) >= 11 is 0. The fraction of sp³-hybridized carbons (Fsp3) is 0.667. The Morgan fingerprint density at radius 2 is 2.20 bits per heavy atom. The molecule has 2 atom stereocenters. The van der Waals surface area contributed by atoms with Crippen LogP contribution in [0.15, 0.2) is 6.20 Å². The number of fused-ring (bicyclic) bond motifs is 2. The van der Waals surface area contributed by atoms with Gasteiger partial charge < -0.3 is 4.90 Å². The highest BCUT2D eigenvalue weighted by molar-refractivity contribution is 5.46. The molecule has 1 aliphatic heterocycles. The number of aryl methyl sites for hydroxylation is 2. The second kappa shape index (κ2) is 3.19. The Kier molecular flexibility index (Phi) is 1.94. The summed E-state index contributed by atoms with van der Waals surface area (Å²) < 4.78 is 0. The summed E-state index contributed by atoms with van der Waals surface area (Å²) in [4.78, 5) is 11.5. The van der Waals surface area contributed by atoms with E-state index >= 15 is 0 Å². The molecule has 1 saturated heterocycles. The number of anilines is 1. The van der Waals surface area contributed by atoms with Crippen molar-refractivity contribution in [2.45, 2.75) is 39.2 Å². The van der Waals surface area contributed by atoms with Gasteiger partial charge >= 0.3 is 0 Å². The number of hydrogen-bond donors (Lipinski definition) is 0. The zero-order chi connectivity index (χ0) is 10.4. The van der Waals surface area contributed by atoms with Crippen LogP contribution >= 0.6 is 0 Å². The van der Waals surface area contributed by atoms with Crippen molar-refractivity contribution in [3.63, 3.8) is 0 Å². The molecule has 0 spiro atoms. The first-order valence-corrected chi connectivity index (χ1v) is 5.81. The van der Waals surface area contributed by atoms with Crippen LogP contribution in [0.25, 0.3) is 0 Å². The molecule has 0 radical (unpaired) electrons. The standard InChI is InChI=1S/C12H17N3/c1-8-6-13-9(2)12(14-8)15-7-10-3-4-11(15)5-10/h6,10-11H,3-5,7H2,1-2H3. The van der Waals surface area contributed by atoms with Gasteiger partial charge in [-0.1, -0.05) is 0 Å². The van der Waals surface area contributed by atoms with Crippen LogP contribution in [0.4, 0.5) is 5.82 Å². The van der Waals surface area contributed by atoms with Crippen LogP contribution in [0.2, 0.25) is 0 Å². The highest BCUT2D eigenvalue weighted by atomic mass is 15.3. The maximum atomic E-state index is 4.64. The van der Waals surface area contributed by atoms with Gasteiger partial charge in [0, 0.05) is 18.8 Å². The lowest BCUT2D eigenvalue weighted by molar-refractivity contribution is 0.548. The van der Waals surface area contributed by atoms with E-state index in [0.29, 0.717) is 0 Å². The van der Waals surface area contributed by atoms with E-state index in [4.69, 9.17) is 0 Å². The van der Waals surface area contributed by atoms with E-state index in [2.05, 4.69) is 21.8 Å². The van der Waals surface area contributed by atoms with Crippen LogP contribution < -0.4 is 4.90 Å². The Bertz CT molecular complexity index is 388. The number of hydrogen-bond acceptors (Lipinski definition) is 3. The predicted molar refractivity (Wildman–Crippen MR) is 60.0 cm³/mol. The van der Waals surface area contributed by atoms with Crippen molar-refractivity contribution in [3.05, 3.63) is 17.6 Å². The SMILES string of the molecule is Cc1cnc(C)c(N2CC3CCC2C3)n1. The quantitative estimate of drug-likeness (QED) is 0.699. The lowest BCUT2D eigenvalue weighted by atomic mass is 10.1. The molecule has 2 fully saturated rings. The van der Waals surface area contributed by atoms with Gasteiger partial charge in [-0.05, 0) is 39.0 Å². The number of piperidine rings is 1. The molecule has 3 nitrogen and oxygen atoms in total. The summed E-state index contributed by atoms with van der Waals surface area (Å²) in [6, 6.07) is 0.741. The summed E-state index contributed by atoms with van der Waals surface area (Å²) in [6.07, 6.45) is 5.99. The van der Waals surface area contributed by atoms with E-state index in [0.717, 1.165) is 29.2 Å². The largest absolute Gasteiger partial charge is 0.352 e. The van der Waals surface area contributed by atoms with Gasteiger partial charge in [-0.25, -0.2) is 4.98 Å². The van der Waals surface area contributed by atoms with Gasteiger partial charge in [0.2, 0.25) is 0 Å². The predicted octanol–water partition coefficient (Wildman–Crippen LogP) is 2.08. The average Bonchev–Trinajstić information content (AvgIpc) is 2.83. The first kappa shape index (κ1) is 9.13. The minimum atomic E-state index is 0.741. The zero-order valence-electron chi connectivity index (χ0n) is 9.40. The van der Waals surface area contributed by atoms with E-state index in [1.807, 2.05) is 13.1 Å². The maximum Gasteiger partial charge on any atom is 0.150 e. The second-order valence-corrected chi connectivity index (χ2v) is 4.91. The molecule has 15 heavy (non-hydrogen) atoms. The van der Waals surface area contributed by atoms with E-state index in [1.165, 1.54) is 25.8 Å². The fourth-order valence-corrected chi connectivity index (χ4v) is 2.98. The molecule has 1 saturated carbocycles. The molecular formula is C12H17N3. The zero-order valence-corrected chi connectivity index (χ0v) is 9.40. The van der Waals surface area contributed by atoms with Crippen molar-refractivity contribution in [2.75, 3.05) is 11.4 Å². The Morgan fingerprint density at radius 3 is 2.87 bits per heavy atom. The van der Waals surface area contributed by atoms with Gasteiger partial charge in [-0.15, -0.1) is 0 Å². The first-order chi connectivity index (χ1) is 7.24. The Morgan fingerprint density at radius 1 is 1.33 bits per heavy atom. The van der Waals surface area contributed by atoms with Crippen molar-refractivity contribution in [1.82, 2.24) is 9.97 Å². The van der Waals surface area contributed by atoms with Gasteiger partial charge in [-0.2, -0.15) is 0 Å². The molecule has 3 heteroatoms. The van der Waals surface area contributed by atoms with E-state index in [9.17, 15) is 0 Å². The number of nitrogens with zero attached hydrogens (tertiary/aromatic N) is 3. The lowest BCUT2D eigenvalue weighted by Gasteiger charge is -2.29. The molecule has 1 aromatic heterocycles. The van der Waals surface area contributed by atoms with E-state index < -0.39 is 0 Å². The highest BCUT2D eigenvalue weighted by Crippen LogP contribution is 2.40. The molecule has 2 bridgehead atoms. The van der Waals surface area contributed by atoms with Crippen molar-refractivity contribution in [1.29, 1.82) is 0 Å². The summed E-state index contributed by atoms with van der Waals surface area (Å²) in [7, 11) is 0. The topological polar surface area (TPSA) is 29.0 Å². The highest BCUT2D eigenvalue weighted by Gasteiger charge is 2.38. The minimum absolute atomic E-state index is 0.741. The van der Waals surface area contributed by atoms with Crippen molar-refractivity contribution in [2.24, 2.45) is 5.92 Å². The second-order valence-electron chi connectivity index (χ2n) is 4.91. The third kappa shape index (κ3) is 1.41. The molecule has 2 aliphatic rings. The monoisotopic (exact) mass is 203 g/mol. The molecule has 1 aromatic rings. The van der Waals surface area contributed by atoms with E-state index in [1.54, 1.807) is 0 Å². The van der Waals surface area contributed by atoms with Gasteiger partial charge in [0.05, 0.1) is 11.4 Å². The molecule has 0 amide bonds. The Balaban J connectivity index is 1.96.